The minimum Gasteiger partial charge on any atom is -0.337 e. The first-order valence-electron chi connectivity index (χ1n) is 4.45. The molecule has 0 radical (unpaired) electrons. The highest BCUT2D eigenvalue weighted by Crippen LogP contribution is 2.44. The average Bonchev–Trinajstić information content (AvgIpc) is 2.77. The molecule has 0 atom stereocenters. The fraction of sp³-hybridized carbons (Fsp3) is 0. The molecule has 0 fully saturated rings. The molecule has 1 aromatic rings. The molecule has 9 heteroatoms. The second kappa shape index (κ2) is 3.69. The first-order chi connectivity index (χ1) is 7.97. The first-order valence-corrected chi connectivity index (χ1v) is 7.95. The molecule has 0 bridgehead atoms. The SMILES string of the molecule is O=S(=O)(Cl)c1ccc2c(c1)N1NSC(Cl)=C1N2. The van der Waals surface area contributed by atoms with Crippen molar-refractivity contribution in [3.05, 3.63) is 28.4 Å². The predicted octanol–water partition coefficient (Wildman–Crippen LogP) is 2.38. The van der Waals surface area contributed by atoms with E-state index in [1.54, 1.807) is 11.1 Å². The van der Waals surface area contributed by atoms with Crippen molar-refractivity contribution < 1.29 is 8.42 Å². The molecule has 3 rings (SSSR count). The van der Waals surface area contributed by atoms with Crippen molar-refractivity contribution in [3.8, 4) is 0 Å². The lowest BCUT2D eigenvalue weighted by molar-refractivity contribution is 0.609. The van der Waals surface area contributed by atoms with Crippen LogP contribution in [0.1, 0.15) is 0 Å². The maximum absolute atomic E-state index is 11.3. The van der Waals surface area contributed by atoms with Crippen LogP contribution in [-0.4, -0.2) is 8.42 Å². The molecule has 0 aliphatic carbocycles. The molecule has 1 aromatic carbocycles. The molecule has 2 heterocycles. The molecule has 90 valence electrons. The normalized spacial score (nSPS) is 18.1. The van der Waals surface area contributed by atoms with E-state index in [0.29, 0.717) is 15.9 Å². The summed E-state index contributed by atoms with van der Waals surface area (Å²) in [5, 5.41) is 4.75. The summed E-state index contributed by atoms with van der Waals surface area (Å²) in [6.45, 7) is 0. The minimum atomic E-state index is -3.73. The molecule has 0 amide bonds. The molecular formula is C8H5Cl2N3O2S2. The average molecular weight is 310 g/mol. The number of fused-ring (bicyclic) bond motifs is 3. The summed E-state index contributed by atoms with van der Waals surface area (Å²) in [5.74, 6) is 0.691. The topological polar surface area (TPSA) is 61.4 Å². The summed E-state index contributed by atoms with van der Waals surface area (Å²) in [4.78, 5) is 3.00. The third kappa shape index (κ3) is 1.78. The molecule has 0 spiro atoms. The van der Waals surface area contributed by atoms with E-state index in [2.05, 4.69) is 10.1 Å². The van der Waals surface area contributed by atoms with E-state index in [-0.39, 0.29) is 4.90 Å². The van der Waals surface area contributed by atoms with Crippen LogP contribution >= 0.6 is 34.2 Å². The van der Waals surface area contributed by atoms with Gasteiger partial charge in [0, 0.05) is 10.7 Å². The van der Waals surface area contributed by atoms with Crippen molar-refractivity contribution in [2.45, 2.75) is 4.90 Å². The standard InChI is InChI=1S/C8H5Cl2N3O2S2/c9-7-8-11-5-2-1-4(17(10,14)15)3-6(5)13(8)12-16-7/h1-3,11-12H. The predicted molar refractivity (Wildman–Crippen MR) is 69.2 cm³/mol. The third-order valence-corrected chi connectivity index (χ3v) is 4.79. The van der Waals surface area contributed by atoms with Gasteiger partial charge in [0.25, 0.3) is 9.05 Å². The number of anilines is 2. The van der Waals surface area contributed by atoms with Gasteiger partial charge in [0.1, 0.15) is 4.36 Å². The Balaban J connectivity index is 2.14. The Hall–Kier alpha value is -0.600. The summed E-state index contributed by atoms with van der Waals surface area (Å²) < 4.78 is 23.1. The zero-order valence-electron chi connectivity index (χ0n) is 8.07. The maximum Gasteiger partial charge on any atom is 0.261 e. The Kier molecular flexibility index (Phi) is 2.50. The van der Waals surface area contributed by atoms with Gasteiger partial charge in [-0.15, -0.1) is 0 Å². The van der Waals surface area contributed by atoms with E-state index >= 15 is 0 Å². The molecule has 2 aliphatic rings. The smallest absolute Gasteiger partial charge is 0.261 e. The molecule has 5 nitrogen and oxygen atoms in total. The molecule has 2 aliphatic heterocycles. The number of hydrogen-bond donors (Lipinski definition) is 2. The first kappa shape index (κ1) is 11.5. The van der Waals surface area contributed by atoms with Gasteiger partial charge in [0.15, 0.2) is 5.82 Å². The Labute approximate surface area is 111 Å². The second-order valence-corrected chi connectivity index (χ2v) is 7.36. The lowest BCUT2D eigenvalue weighted by Gasteiger charge is -2.12. The lowest BCUT2D eigenvalue weighted by atomic mass is 10.3. The van der Waals surface area contributed by atoms with Gasteiger partial charge in [-0.05, 0) is 30.1 Å². The number of benzene rings is 1. The fourth-order valence-corrected chi connectivity index (χ4v) is 3.23. The summed E-state index contributed by atoms with van der Waals surface area (Å²) in [5.41, 5.74) is 1.44. The lowest BCUT2D eigenvalue weighted by Crippen LogP contribution is -2.25. The van der Waals surface area contributed by atoms with Gasteiger partial charge in [0.05, 0.1) is 16.3 Å². The molecule has 0 saturated heterocycles. The van der Waals surface area contributed by atoms with Crippen molar-refractivity contribution >= 4 is 54.7 Å². The van der Waals surface area contributed by atoms with Crippen LogP contribution in [0.4, 0.5) is 11.4 Å². The van der Waals surface area contributed by atoms with Gasteiger partial charge in [-0.2, -0.15) is 4.83 Å². The van der Waals surface area contributed by atoms with Crippen molar-refractivity contribution in [1.82, 2.24) is 4.83 Å². The second-order valence-electron chi connectivity index (χ2n) is 3.39. The fourth-order valence-electron chi connectivity index (χ4n) is 1.62. The Morgan fingerprint density at radius 3 is 2.82 bits per heavy atom. The minimum absolute atomic E-state index is 0.0517. The molecule has 0 aromatic heterocycles. The van der Waals surface area contributed by atoms with Crippen molar-refractivity contribution in [2.75, 3.05) is 10.3 Å². The van der Waals surface area contributed by atoms with Gasteiger partial charge >= 0.3 is 0 Å². The summed E-state index contributed by atoms with van der Waals surface area (Å²) >= 11 is 7.21. The zero-order chi connectivity index (χ0) is 12.2. The van der Waals surface area contributed by atoms with Crippen LogP contribution in [0.2, 0.25) is 0 Å². The van der Waals surface area contributed by atoms with E-state index in [1.165, 1.54) is 24.1 Å². The number of nitrogens with one attached hydrogen (secondary N) is 2. The molecule has 2 N–H and O–H groups in total. The third-order valence-electron chi connectivity index (χ3n) is 2.38. The number of hydrazine groups is 1. The quantitative estimate of drug-likeness (QED) is 0.613. The molecule has 0 unspecified atom stereocenters. The highest BCUT2D eigenvalue weighted by Gasteiger charge is 2.32. The van der Waals surface area contributed by atoms with E-state index in [4.69, 9.17) is 22.3 Å². The van der Waals surface area contributed by atoms with Crippen molar-refractivity contribution in [2.24, 2.45) is 0 Å². The van der Waals surface area contributed by atoms with Gasteiger partial charge in [-0.25, -0.2) is 13.4 Å². The summed E-state index contributed by atoms with van der Waals surface area (Å²) in [6, 6.07) is 4.57. The van der Waals surface area contributed by atoms with Gasteiger partial charge in [-0.3, -0.25) is 0 Å². The highest BCUT2D eigenvalue weighted by atomic mass is 35.7. The van der Waals surface area contributed by atoms with Crippen LogP contribution in [0.15, 0.2) is 33.3 Å². The number of rotatable bonds is 1. The Morgan fingerprint density at radius 2 is 2.12 bits per heavy atom. The Bertz CT molecular complexity index is 644. The summed E-state index contributed by atoms with van der Waals surface area (Å²) in [7, 11) is 1.57. The Morgan fingerprint density at radius 1 is 1.35 bits per heavy atom. The number of halogens is 2. The molecule has 17 heavy (non-hydrogen) atoms. The van der Waals surface area contributed by atoms with Crippen LogP contribution in [0.5, 0.6) is 0 Å². The molecular weight excluding hydrogens is 305 g/mol. The number of hydrogen-bond acceptors (Lipinski definition) is 6. The summed E-state index contributed by atoms with van der Waals surface area (Å²) in [6.07, 6.45) is 0. The van der Waals surface area contributed by atoms with E-state index < -0.39 is 9.05 Å². The molecule has 0 saturated carbocycles. The van der Waals surface area contributed by atoms with Gasteiger partial charge < -0.3 is 5.32 Å². The largest absolute Gasteiger partial charge is 0.337 e. The van der Waals surface area contributed by atoms with Crippen LogP contribution in [0.3, 0.4) is 0 Å². The maximum atomic E-state index is 11.3. The zero-order valence-corrected chi connectivity index (χ0v) is 11.2. The van der Waals surface area contributed by atoms with Gasteiger partial charge in [0.2, 0.25) is 0 Å². The van der Waals surface area contributed by atoms with E-state index in [9.17, 15) is 8.42 Å². The van der Waals surface area contributed by atoms with Crippen LogP contribution in [0, 0.1) is 0 Å². The van der Waals surface area contributed by atoms with Gasteiger partial charge in [-0.1, -0.05) is 11.6 Å². The number of nitrogens with zero attached hydrogens (tertiary/aromatic N) is 1. The van der Waals surface area contributed by atoms with Crippen LogP contribution < -0.4 is 15.2 Å². The van der Waals surface area contributed by atoms with E-state index in [1.807, 2.05) is 0 Å². The van der Waals surface area contributed by atoms with Crippen molar-refractivity contribution in [1.29, 1.82) is 0 Å². The van der Waals surface area contributed by atoms with Crippen molar-refractivity contribution in [3.63, 3.8) is 0 Å². The monoisotopic (exact) mass is 309 g/mol. The van der Waals surface area contributed by atoms with Crippen LogP contribution in [-0.2, 0) is 9.05 Å². The van der Waals surface area contributed by atoms with Crippen LogP contribution in [0.25, 0.3) is 0 Å². The highest BCUT2D eigenvalue weighted by molar-refractivity contribution is 8.13. The van der Waals surface area contributed by atoms with E-state index in [0.717, 1.165) is 5.69 Å².